The van der Waals surface area contributed by atoms with Crippen LogP contribution in [0, 0.1) is 0 Å². The third kappa shape index (κ3) is 6.22. The van der Waals surface area contributed by atoms with Gasteiger partial charge >= 0.3 is 6.18 Å². The number of piperidine rings is 1. The molecule has 2 amide bonds. The van der Waals surface area contributed by atoms with Gasteiger partial charge in [-0.3, -0.25) is 9.59 Å². The van der Waals surface area contributed by atoms with Crippen molar-refractivity contribution < 1.29 is 22.8 Å². The minimum Gasteiger partial charge on any atom is -0.354 e. The van der Waals surface area contributed by atoms with Crippen LogP contribution in [0.25, 0.3) is 0 Å². The van der Waals surface area contributed by atoms with Gasteiger partial charge in [0.15, 0.2) is 0 Å². The monoisotopic (exact) mass is 399 g/mol. The van der Waals surface area contributed by atoms with E-state index in [1.807, 2.05) is 6.92 Å². The van der Waals surface area contributed by atoms with Gasteiger partial charge in [0, 0.05) is 38.5 Å². The largest absolute Gasteiger partial charge is 0.416 e. The predicted octanol–water partition coefficient (Wildman–Crippen LogP) is 3.05. The van der Waals surface area contributed by atoms with Crippen LogP contribution < -0.4 is 11.1 Å². The molecule has 2 unspecified atom stereocenters. The van der Waals surface area contributed by atoms with Crippen molar-refractivity contribution in [2.75, 3.05) is 19.6 Å². The van der Waals surface area contributed by atoms with Crippen LogP contribution in [-0.4, -0.2) is 42.4 Å². The molecule has 5 nitrogen and oxygen atoms in total. The Kier molecular flexibility index (Phi) is 7.86. The van der Waals surface area contributed by atoms with E-state index in [1.54, 1.807) is 4.90 Å². The maximum absolute atomic E-state index is 12.8. The quantitative estimate of drug-likeness (QED) is 0.740. The smallest absolute Gasteiger partial charge is 0.354 e. The van der Waals surface area contributed by atoms with Crippen molar-refractivity contribution in [3.63, 3.8) is 0 Å². The van der Waals surface area contributed by atoms with Crippen molar-refractivity contribution in [1.29, 1.82) is 0 Å². The molecule has 2 rings (SSSR count). The van der Waals surface area contributed by atoms with Crippen LogP contribution in [0.5, 0.6) is 0 Å². The number of halogens is 3. The number of nitrogens with two attached hydrogens (primary N) is 1. The Bertz CT molecular complexity index is 662. The topological polar surface area (TPSA) is 75.4 Å². The van der Waals surface area contributed by atoms with Crippen molar-refractivity contribution in [2.45, 2.75) is 57.2 Å². The normalized spacial score (nSPS) is 18.6. The van der Waals surface area contributed by atoms with Crippen LogP contribution in [0.15, 0.2) is 24.3 Å². The van der Waals surface area contributed by atoms with E-state index in [0.29, 0.717) is 18.7 Å². The summed E-state index contributed by atoms with van der Waals surface area (Å²) in [7, 11) is 0. The number of hydrogen-bond acceptors (Lipinski definition) is 3. The summed E-state index contributed by atoms with van der Waals surface area (Å²) in [6.45, 7) is 3.15. The molecule has 0 aliphatic carbocycles. The van der Waals surface area contributed by atoms with E-state index in [-0.39, 0.29) is 43.2 Å². The number of hydrogen-bond donors (Lipinski definition) is 2. The lowest BCUT2D eigenvalue weighted by Crippen LogP contribution is -2.49. The van der Waals surface area contributed by atoms with E-state index < -0.39 is 11.7 Å². The van der Waals surface area contributed by atoms with E-state index in [1.165, 1.54) is 12.1 Å². The summed E-state index contributed by atoms with van der Waals surface area (Å²) in [5, 5.41) is 2.82. The first-order chi connectivity index (χ1) is 13.2. The predicted molar refractivity (Wildman–Crippen MR) is 101 cm³/mol. The van der Waals surface area contributed by atoms with E-state index >= 15 is 0 Å². The Morgan fingerprint density at radius 1 is 1.25 bits per heavy atom. The highest BCUT2D eigenvalue weighted by Crippen LogP contribution is 2.31. The molecule has 1 fully saturated rings. The van der Waals surface area contributed by atoms with Crippen LogP contribution in [-0.2, 0) is 15.8 Å². The molecule has 0 radical (unpaired) electrons. The van der Waals surface area contributed by atoms with Gasteiger partial charge in [-0.25, -0.2) is 0 Å². The zero-order valence-corrected chi connectivity index (χ0v) is 16.1. The van der Waals surface area contributed by atoms with Gasteiger partial charge < -0.3 is 16.0 Å². The molecule has 0 spiro atoms. The van der Waals surface area contributed by atoms with E-state index in [4.69, 9.17) is 5.73 Å². The summed E-state index contributed by atoms with van der Waals surface area (Å²) in [6, 6.07) is 4.91. The summed E-state index contributed by atoms with van der Waals surface area (Å²) >= 11 is 0. The summed E-state index contributed by atoms with van der Waals surface area (Å²) in [4.78, 5) is 26.2. The van der Waals surface area contributed by atoms with Gasteiger partial charge in [-0.05, 0) is 42.9 Å². The fourth-order valence-electron chi connectivity index (χ4n) is 3.49. The average molecular weight is 399 g/mol. The molecule has 1 heterocycles. The summed E-state index contributed by atoms with van der Waals surface area (Å²) in [5.74, 6) is -0.354. The maximum atomic E-state index is 12.8. The molecule has 3 N–H and O–H groups in total. The van der Waals surface area contributed by atoms with Gasteiger partial charge in [0.2, 0.25) is 11.8 Å². The first kappa shape index (κ1) is 22.2. The Hall–Kier alpha value is -2.09. The van der Waals surface area contributed by atoms with Crippen molar-refractivity contribution in [1.82, 2.24) is 10.2 Å². The molecule has 0 saturated carbocycles. The molecule has 28 heavy (non-hydrogen) atoms. The second-order valence-electron chi connectivity index (χ2n) is 7.30. The number of benzene rings is 1. The molecule has 8 heteroatoms. The Morgan fingerprint density at radius 2 is 1.93 bits per heavy atom. The zero-order valence-electron chi connectivity index (χ0n) is 16.1. The molecule has 1 saturated heterocycles. The number of alkyl halides is 3. The Morgan fingerprint density at radius 3 is 2.54 bits per heavy atom. The lowest BCUT2D eigenvalue weighted by molar-refractivity contribution is -0.138. The number of nitrogens with zero attached hydrogens (tertiary/aromatic N) is 1. The number of carbonyl (C=O) groups is 2. The summed E-state index contributed by atoms with van der Waals surface area (Å²) in [6.07, 6.45) is -1.16. The molecule has 156 valence electrons. The van der Waals surface area contributed by atoms with E-state index in [0.717, 1.165) is 31.4 Å². The van der Waals surface area contributed by atoms with Gasteiger partial charge in [-0.15, -0.1) is 0 Å². The number of carbonyl (C=O) groups excluding carboxylic acids is 2. The number of nitrogens with one attached hydrogen (secondary N) is 1. The van der Waals surface area contributed by atoms with Crippen molar-refractivity contribution >= 4 is 11.8 Å². The second kappa shape index (κ2) is 9.91. The number of amides is 2. The van der Waals surface area contributed by atoms with Crippen molar-refractivity contribution in [3.05, 3.63) is 35.4 Å². The molecule has 1 aliphatic rings. The molecule has 1 aromatic rings. The fourth-order valence-corrected chi connectivity index (χ4v) is 3.49. The fraction of sp³-hybridized carbons (Fsp3) is 0.600. The van der Waals surface area contributed by atoms with E-state index in [2.05, 4.69) is 5.32 Å². The SMILES string of the molecule is CC(CC(=O)N1CCCCC1CNC(=O)CCN)c1ccc(C(F)(F)F)cc1. The Labute approximate surface area is 163 Å². The molecule has 1 aliphatic heterocycles. The standard InChI is InChI=1S/C20H28F3N3O2/c1-14(15-5-7-16(8-6-15)20(21,22)23)12-19(28)26-11-3-2-4-17(26)13-25-18(27)9-10-24/h5-8,14,17H,2-4,9-13,24H2,1H3,(H,25,27). The molecule has 0 bridgehead atoms. The van der Waals surface area contributed by atoms with Gasteiger partial charge in [-0.2, -0.15) is 13.2 Å². The van der Waals surface area contributed by atoms with Crippen LogP contribution in [0.1, 0.15) is 56.1 Å². The third-order valence-electron chi connectivity index (χ3n) is 5.14. The minimum atomic E-state index is -4.37. The maximum Gasteiger partial charge on any atom is 0.416 e. The van der Waals surface area contributed by atoms with Gasteiger partial charge in [0.05, 0.1) is 5.56 Å². The molecule has 1 aromatic carbocycles. The molecular formula is C20H28F3N3O2. The van der Waals surface area contributed by atoms with E-state index in [9.17, 15) is 22.8 Å². The van der Waals surface area contributed by atoms with Gasteiger partial charge in [-0.1, -0.05) is 19.1 Å². The van der Waals surface area contributed by atoms with Crippen LogP contribution in [0.3, 0.4) is 0 Å². The number of likely N-dealkylation sites (tertiary alicyclic amines) is 1. The third-order valence-corrected chi connectivity index (χ3v) is 5.14. The molecule has 2 atom stereocenters. The lowest BCUT2D eigenvalue weighted by Gasteiger charge is -2.36. The van der Waals surface area contributed by atoms with Crippen molar-refractivity contribution in [2.24, 2.45) is 5.73 Å². The highest BCUT2D eigenvalue weighted by atomic mass is 19.4. The van der Waals surface area contributed by atoms with Gasteiger partial charge in [0.25, 0.3) is 0 Å². The number of rotatable bonds is 7. The van der Waals surface area contributed by atoms with Crippen molar-refractivity contribution in [3.8, 4) is 0 Å². The van der Waals surface area contributed by atoms with Crippen LogP contribution in [0.2, 0.25) is 0 Å². The van der Waals surface area contributed by atoms with Crippen LogP contribution >= 0.6 is 0 Å². The highest BCUT2D eigenvalue weighted by Gasteiger charge is 2.31. The highest BCUT2D eigenvalue weighted by molar-refractivity contribution is 5.78. The molecule has 0 aromatic heterocycles. The zero-order chi connectivity index (χ0) is 20.7. The minimum absolute atomic E-state index is 0.0369. The first-order valence-corrected chi connectivity index (χ1v) is 9.65. The summed E-state index contributed by atoms with van der Waals surface area (Å²) < 4.78 is 38.1. The van der Waals surface area contributed by atoms with Gasteiger partial charge in [0.1, 0.15) is 0 Å². The Balaban J connectivity index is 1.95. The molecular weight excluding hydrogens is 371 g/mol. The summed E-state index contributed by atoms with van der Waals surface area (Å²) in [5.41, 5.74) is 5.37. The average Bonchev–Trinajstić information content (AvgIpc) is 2.66. The second-order valence-corrected chi connectivity index (χ2v) is 7.30. The first-order valence-electron chi connectivity index (χ1n) is 9.65. The van der Waals surface area contributed by atoms with Crippen LogP contribution in [0.4, 0.5) is 13.2 Å². The lowest BCUT2D eigenvalue weighted by atomic mass is 9.94.